The number of halogens is 1. The van der Waals surface area contributed by atoms with Gasteiger partial charge >= 0.3 is 0 Å². The molecule has 0 aliphatic heterocycles. The molecular weight excluding hydrogens is 398 g/mol. The number of hydrogen-bond donors (Lipinski definition) is 3. The highest BCUT2D eigenvalue weighted by Crippen LogP contribution is 2.33. The number of pyridine rings is 1. The summed E-state index contributed by atoms with van der Waals surface area (Å²) in [6.07, 6.45) is 3.36. The van der Waals surface area contributed by atoms with E-state index in [0.29, 0.717) is 5.95 Å². The fourth-order valence-corrected chi connectivity index (χ4v) is 3.12. The van der Waals surface area contributed by atoms with Gasteiger partial charge < -0.3 is 10.4 Å². The van der Waals surface area contributed by atoms with E-state index in [1.807, 2.05) is 19.1 Å². The molecule has 2 heterocycles. The van der Waals surface area contributed by atoms with Crippen molar-refractivity contribution in [2.45, 2.75) is 41.7 Å². The summed E-state index contributed by atoms with van der Waals surface area (Å²) in [5.74, 6) is 0.466. The summed E-state index contributed by atoms with van der Waals surface area (Å²) in [4.78, 5) is 12.9. The minimum Gasteiger partial charge on any atom is -0.389 e. The first-order valence-electron chi connectivity index (χ1n) is 6.81. The van der Waals surface area contributed by atoms with E-state index < -0.39 is 5.60 Å². The van der Waals surface area contributed by atoms with Crippen LogP contribution >= 0.6 is 39.6 Å². The number of hydrogen-bond acceptors (Lipinski definition) is 8. The van der Waals surface area contributed by atoms with E-state index in [9.17, 15) is 5.11 Å². The van der Waals surface area contributed by atoms with E-state index >= 15 is 0 Å². The Bertz CT molecular complexity index is 663. The summed E-state index contributed by atoms with van der Waals surface area (Å²) in [5, 5.41) is 20.1. The average molecular weight is 416 g/mol. The maximum Gasteiger partial charge on any atom is 0.228 e. The smallest absolute Gasteiger partial charge is 0.228 e. The Hall–Kier alpha value is -0.870. The third-order valence-corrected chi connectivity index (χ3v) is 5.90. The third kappa shape index (κ3) is 5.32. The molecular formula is C14H18BrN5OS2. The number of nitrogens with one attached hydrogen (secondary N) is 1. The predicted octanol–water partition coefficient (Wildman–Crippen LogP) is 3.60. The van der Waals surface area contributed by atoms with Crippen LogP contribution in [0.25, 0.3) is 0 Å². The van der Waals surface area contributed by atoms with Crippen LogP contribution in [0, 0.1) is 0 Å². The van der Waals surface area contributed by atoms with Crippen LogP contribution < -0.4 is 10.5 Å². The molecule has 0 aliphatic carbocycles. The van der Waals surface area contributed by atoms with Gasteiger partial charge in [-0.25, -0.2) is 15.0 Å². The summed E-state index contributed by atoms with van der Waals surface area (Å²) in [6.45, 7) is 5.52. The molecule has 23 heavy (non-hydrogen) atoms. The fourth-order valence-electron chi connectivity index (χ4n) is 1.46. The molecule has 9 heteroatoms. The third-order valence-electron chi connectivity index (χ3n) is 3.11. The quantitative estimate of drug-likeness (QED) is 0.374. The van der Waals surface area contributed by atoms with Crippen LogP contribution in [0.1, 0.15) is 20.8 Å². The molecule has 0 saturated carbocycles. The summed E-state index contributed by atoms with van der Waals surface area (Å²) in [5.41, 5.74) is -0.0286. The summed E-state index contributed by atoms with van der Waals surface area (Å²) in [6, 6.07) is 3.68. The molecule has 2 aromatic rings. The van der Waals surface area contributed by atoms with E-state index in [4.69, 9.17) is 5.14 Å². The first-order chi connectivity index (χ1) is 10.8. The van der Waals surface area contributed by atoms with Crippen LogP contribution in [0.3, 0.4) is 0 Å². The van der Waals surface area contributed by atoms with Crippen molar-refractivity contribution in [3.05, 3.63) is 29.0 Å². The Morgan fingerprint density at radius 3 is 2.61 bits per heavy atom. The molecule has 1 atom stereocenters. The van der Waals surface area contributed by atoms with E-state index in [-0.39, 0.29) is 5.25 Å². The Kier molecular flexibility index (Phi) is 6.26. The molecule has 0 fully saturated rings. The molecule has 0 bridgehead atoms. The predicted molar refractivity (Wildman–Crippen MR) is 98.9 cm³/mol. The SMILES string of the molecule is CC(Sc1nc(Nc2ccc(SN)nc2)ncc1Br)C(C)(C)O. The Morgan fingerprint density at radius 1 is 1.30 bits per heavy atom. The average Bonchev–Trinajstić information content (AvgIpc) is 2.50. The number of rotatable bonds is 6. The van der Waals surface area contributed by atoms with Gasteiger partial charge in [0.1, 0.15) is 10.1 Å². The molecule has 2 aromatic heterocycles. The van der Waals surface area contributed by atoms with Gasteiger partial charge in [0.2, 0.25) is 5.95 Å². The number of thioether (sulfide) groups is 1. The van der Waals surface area contributed by atoms with Crippen LogP contribution in [0.5, 0.6) is 0 Å². The fraction of sp³-hybridized carbons (Fsp3) is 0.357. The van der Waals surface area contributed by atoms with E-state index in [2.05, 4.69) is 36.2 Å². The lowest BCUT2D eigenvalue weighted by molar-refractivity contribution is 0.0823. The number of aliphatic hydroxyl groups is 1. The molecule has 0 spiro atoms. The molecule has 124 valence electrons. The highest BCUT2D eigenvalue weighted by atomic mass is 79.9. The maximum absolute atomic E-state index is 10.1. The first-order valence-corrected chi connectivity index (χ1v) is 9.36. The normalized spacial score (nSPS) is 13.0. The molecule has 2 rings (SSSR count). The second-order valence-electron chi connectivity index (χ2n) is 5.39. The lowest BCUT2D eigenvalue weighted by atomic mass is 10.1. The molecule has 6 nitrogen and oxygen atoms in total. The van der Waals surface area contributed by atoms with E-state index in [1.54, 1.807) is 26.2 Å². The van der Waals surface area contributed by atoms with Crippen molar-refractivity contribution in [1.29, 1.82) is 0 Å². The monoisotopic (exact) mass is 415 g/mol. The highest BCUT2D eigenvalue weighted by Gasteiger charge is 2.24. The summed E-state index contributed by atoms with van der Waals surface area (Å²) < 4.78 is 0.789. The van der Waals surface area contributed by atoms with E-state index in [1.165, 1.54) is 11.8 Å². The number of aromatic nitrogens is 3. The van der Waals surface area contributed by atoms with Gasteiger partial charge in [0.25, 0.3) is 0 Å². The molecule has 0 saturated heterocycles. The van der Waals surface area contributed by atoms with Gasteiger partial charge in [-0.2, -0.15) is 0 Å². The number of anilines is 2. The van der Waals surface area contributed by atoms with Gasteiger partial charge in [-0.15, -0.1) is 0 Å². The van der Waals surface area contributed by atoms with Crippen LogP contribution in [-0.4, -0.2) is 30.9 Å². The van der Waals surface area contributed by atoms with Crippen molar-refractivity contribution in [2.24, 2.45) is 5.14 Å². The Morgan fingerprint density at radius 2 is 2.04 bits per heavy atom. The molecule has 1 unspecified atom stereocenters. The second kappa shape index (κ2) is 7.80. The Labute approximate surface area is 152 Å². The van der Waals surface area contributed by atoms with Gasteiger partial charge in [0.15, 0.2) is 0 Å². The molecule has 4 N–H and O–H groups in total. The van der Waals surface area contributed by atoms with Crippen molar-refractivity contribution in [2.75, 3.05) is 5.32 Å². The molecule has 0 aliphatic rings. The van der Waals surface area contributed by atoms with Crippen LogP contribution in [-0.2, 0) is 0 Å². The topological polar surface area (TPSA) is 97.0 Å². The van der Waals surface area contributed by atoms with Crippen molar-refractivity contribution >= 4 is 51.3 Å². The first kappa shape index (κ1) is 18.5. The van der Waals surface area contributed by atoms with Gasteiger partial charge in [0, 0.05) is 11.4 Å². The van der Waals surface area contributed by atoms with Crippen LogP contribution in [0.15, 0.2) is 39.1 Å². The summed E-state index contributed by atoms with van der Waals surface area (Å²) in [7, 11) is 0. The van der Waals surface area contributed by atoms with Crippen molar-refractivity contribution in [3.8, 4) is 0 Å². The lowest BCUT2D eigenvalue weighted by Gasteiger charge is -2.25. The minimum atomic E-state index is -0.803. The van der Waals surface area contributed by atoms with Crippen LogP contribution in [0.2, 0.25) is 0 Å². The maximum atomic E-state index is 10.1. The summed E-state index contributed by atoms with van der Waals surface area (Å²) >= 11 is 6.02. The molecule has 0 aromatic carbocycles. The number of nitrogens with two attached hydrogens (primary N) is 1. The van der Waals surface area contributed by atoms with Gasteiger partial charge in [0.05, 0.1) is 22.0 Å². The zero-order valence-electron chi connectivity index (χ0n) is 12.9. The number of nitrogens with zero attached hydrogens (tertiary/aromatic N) is 3. The zero-order chi connectivity index (χ0) is 17.0. The van der Waals surface area contributed by atoms with Crippen molar-refractivity contribution < 1.29 is 5.11 Å². The molecule has 0 radical (unpaired) electrons. The zero-order valence-corrected chi connectivity index (χ0v) is 16.2. The van der Waals surface area contributed by atoms with Crippen LogP contribution in [0.4, 0.5) is 11.6 Å². The van der Waals surface area contributed by atoms with Gasteiger partial charge in [-0.1, -0.05) is 18.7 Å². The Balaban J connectivity index is 2.15. The second-order valence-corrected chi connectivity index (χ2v) is 8.23. The minimum absolute atomic E-state index is 0.0240. The van der Waals surface area contributed by atoms with Crippen molar-refractivity contribution in [3.63, 3.8) is 0 Å². The van der Waals surface area contributed by atoms with Gasteiger partial charge in [-0.3, -0.25) is 5.14 Å². The van der Waals surface area contributed by atoms with Crippen molar-refractivity contribution in [1.82, 2.24) is 15.0 Å². The van der Waals surface area contributed by atoms with Gasteiger partial charge in [-0.05, 0) is 53.9 Å². The lowest BCUT2D eigenvalue weighted by Crippen LogP contribution is -2.30. The highest BCUT2D eigenvalue weighted by molar-refractivity contribution is 9.10. The van der Waals surface area contributed by atoms with E-state index in [0.717, 1.165) is 32.2 Å². The largest absolute Gasteiger partial charge is 0.389 e. The standard InChI is InChI=1S/C14H18BrN5OS2/c1-8(14(2,3)21)22-12-10(15)7-18-13(20-12)19-9-4-5-11(23-16)17-6-9/h4-8,21H,16H2,1-3H3,(H,18,19,20). The molecule has 0 amide bonds.